The Balaban J connectivity index is 1.73. The Bertz CT molecular complexity index is 826. The number of nitrogens with one attached hydrogen (secondary N) is 1. The van der Waals surface area contributed by atoms with E-state index in [4.69, 9.17) is 0 Å². The van der Waals surface area contributed by atoms with Gasteiger partial charge in [0.15, 0.2) is 0 Å². The van der Waals surface area contributed by atoms with Crippen molar-refractivity contribution in [3.63, 3.8) is 0 Å². The molecule has 3 rings (SSSR count). The minimum absolute atomic E-state index is 0.284. The lowest BCUT2D eigenvalue weighted by Gasteiger charge is -2.25. The molecule has 5 heteroatoms. The van der Waals surface area contributed by atoms with E-state index in [0.29, 0.717) is 0 Å². The van der Waals surface area contributed by atoms with Gasteiger partial charge in [-0.25, -0.2) is 0 Å². The third kappa shape index (κ3) is 3.51. The van der Waals surface area contributed by atoms with Gasteiger partial charge in [0.2, 0.25) is 0 Å². The van der Waals surface area contributed by atoms with Crippen molar-refractivity contribution < 1.29 is 4.21 Å². The van der Waals surface area contributed by atoms with Crippen LogP contribution in [-0.4, -0.2) is 32.6 Å². The molecule has 0 aliphatic heterocycles. The highest BCUT2D eigenvalue weighted by molar-refractivity contribution is 7.84. The monoisotopic (exact) mass is 327 g/mol. The number of hydrogen-bond acceptors (Lipinski definition) is 3. The molecule has 120 valence electrons. The van der Waals surface area contributed by atoms with Crippen LogP contribution in [0.5, 0.6) is 0 Å². The molecule has 4 nitrogen and oxygen atoms in total. The fourth-order valence-electron chi connectivity index (χ4n) is 2.70. The quantitative estimate of drug-likeness (QED) is 0.780. The van der Waals surface area contributed by atoms with Gasteiger partial charge in [-0.05, 0) is 43.3 Å². The number of rotatable bonds is 5. The molecule has 0 saturated heterocycles. The van der Waals surface area contributed by atoms with Crippen molar-refractivity contribution in [1.82, 2.24) is 15.1 Å². The summed E-state index contributed by atoms with van der Waals surface area (Å²) in [4.78, 5) is 3.17. The normalized spacial score (nSPS) is 14.3. The van der Waals surface area contributed by atoms with Crippen LogP contribution in [-0.2, 0) is 17.3 Å². The van der Waals surface area contributed by atoms with E-state index in [2.05, 4.69) is 59.4 Å². The van der Waals surface area contributed by atoms with Crippen LogP contribution in [0.25, 0.3) is 10.9 Å². The first-order valence-corrected chi connectivity index (χ1v) is 9.16. The van der Waals surface area contributed by atoms with E-state index in [1.54, 1.807) is 6.26 Å². The van der Waals surface area contributed by atoms with Crippen LogP contribution < -0.4 is 0 Å². The van der Waals surface area contributed by atoms with Crippen molar-refractivity contribution in [2.75, 3.05) is 13.3 Å². The number of aromatic nitrogens is 2. The molecule has 0 amide bonds. The smallest absolute Gasteiger partial charge is 0.0653 e. The van der Waals surface area contributed by atoms with Crippen molar-refractivity contribution in [1.29, 1.82) is 0 Å². The third-order valence-corrected chi connectivity index (χ3v) is 5.23. The van der Waals surface area contributed by atoms with Crippen molar-refractivity contribution in [3.05, 3.63) is 59.8 Å². The molecule has 0 saturated carbocycles. The Kier molecular flexibility index (Phi) is 4.59. The number of hydrogen-bond donors (Lipinski definition) is 1. The molecule has 1 N–H and O–H groups in total. The Morgan fingerprint density at radius 1 is 1.22 bits per heavy atom. The second-order valence-electron chi connectivity index (χ2n) is 5.91. The lowest BCUT2D eigenvalue weighted by molar-refractivity contribution is 0.253. The Labute approximate surface area is 139 Å². The second kappa shape index (κ2) is 6.64. The van der Waals surface area contributed by atoms with Crippen LogP contribution >= 0.6 is 0 Å². The first kappa shape index (κ1) is 15.9. The molecule has 2 aromatic carbocycles. The summed E-state index contributed by atoms with van der Waals surface area (Å²) >= 11 is 0. The average molecular weight is 327 g/mol. The van der Waals surface area contributed by atoms with E-state index in [1.165, 1.54) is 11.1 Å². The highest BCUT2D eigenvalue weighted by Gasteiger charge is 2.13. The molecule has 0 aliphatic carbocycles. The van der Waals surface area contributed by atoms with Gasteiger partial charge in [-0.1, -0.05) is 24.3 Å². The minimum atomic E-state index is -0.925. The molecule has 23 heavy (non-hydrogen) atoms. The Morgan fingerprint density at radius 3 is 2.65 bits per heavy atom. The third-order valence-electron chi connectivity index (χ3n) is 4.29. The molecule has 0 radical (unpaired) electrons. The molecular formula is C18H21N3OS. The van der Waals surface area contributed by atoms with Gasteiger partial charge in [0.1, 0.15) is 0 Å². The first-order valence-electron chi connectivity index (χ1n) is 7.60. The SMILES string of the molecule is C[C@H](c1ccc([S@@](C)=O)cc1)N(C)Cc1ccc2cn[nH]c2c1. The molecule has 1 heterocycles. The maximum Gasteiger partial charge on any atom is 0.0653 e. The summed E-state index contributed by atoms with van der Waals surface area (Å²) in [6.45, 7) is 3.05. The molecule has 0 aliphatic rings. The van der Waals surface area contributed by atoms with Crippen LogP contribution in [0, 0.1) is 0 Å². The lowest BCUT2D eigenvalue weighted by atomic mass is 10.1. The summed E-state index contributed by atoms with van der Waals surface area (Å²) in [6.07, 6.45) is 3.54. The predicted molar refractivity (Wildman–Crippen MR) is 94.8 cm³/mol. The van der Waals surface area contributed by atoms with Crippen LogP contribution in [0.15, 0.2) is 53.6 Å². The number of aromatic amines is 1. The Hall–Kier alpha value is -1.98. The molecule has 0 bridgehead atoms. The van der Waals surface area contributed by atoms with Crippen molar-refractivity contribution in [3.8, 4) is 0 Å². The fraction of sp³-hybridized carbons (Fsp3) is 0.278. The minimum Gasteiger partial charge on any atom is -0.295 e. The maximum absolute atomic E-state index is 11.5. The molecule has 0 spiro atoms. The van der Waals surface area contributed by atoms with Gasteiger partial charge in [0.05, 0.1) is 11.7 Å². The largest absolute Gasteiger partial charge is 0.295 e. The summed E-state index contributed by atoms with van der Waals surface area (Å²) in [5, 5.41) is 8.21. The van der Waals surface area contributed by atoms with Crippen LogP contribution in [0.1, 0.15) is 24.1 Å². The number of nitrogens with zero attached hydrogens (tertiary/aromatic N) is 2. The summed E-state index contributed by atoms with van der Waals surface area (Å²) in [5.74, 6) is 0. The molecular weight excluding hydrogens is 306 g/mol. The van der Waals surface area contributed by atoms with Crippen molar-refractivity contribution in [2.24, 2.45) is 0 Å². The average Bonchev–Trinajstić information content (AvgIpc) is 3.01. The van der Waals surface area contributed by atoms with E-state index < -0.39 is 10.8 Å². The summed E-state index contributed by atoms with van der Waals surface area (Å²) in [5.41, 5.74) is 3.55. The van der Waals surface area contributed by atoms with Crippen LogP contribution in [0.3, 0.4) is 0 Å². The zero-order valence-electron chi connectivity index (χ0n) is 13.6. The highest BCUT2D eigenvalue weighted by atomic mass is 32.2. The topological polar surface area (TPSA) is 49.0 Å². The fourth-order valence-corrected chi connectivity index (χ4v) is 3.22. The van der Waals surface area contributed by atoms with Crippen molar-refractivity contribution >= 4 is 21.7 Å². The van der Waals surface area contributed by atoms with Gasteiger partial charge < -0.3 is 0 Å². The van der Waals surface area contributed by atoms with E-state index in [0.717, 1.165) is 22.3 Å². The number of fused-ring (bicyclic) bond motifs is 1. The van der Waals surface area contributed by atoms with Gasteiger partial charge in [-0.15, -0.1) is 0 Å². The molecule has 0 unspecified atom stereocenters. The zero-order valence-corrected chi connectivity index (χ0v) is 14.4. The summed E-state index contributed by atoms with van der Waals surface area (Å²) in [6, 6.07) is 14.7. The molecule has 2 atom stereocenters. The molecule has 3 aromatic rings. The van der Waals surface area contributed by atoms with E-state index in [9.17, 15) is 4.21 Å². The van der Waals surface area contributed by atoms with E-state index in [1.807, 2.05) is 18.3 Å². The van der Waals surface area contributed by atoms with Gasteiger partial charge in [-0.2, -0.15) is 5.10 Å². The van der Waals surface area contributed by atoms with Crippen LogP contribution in [0.2, 0.25) is 0 Å². The van der Waals surface area contributed by atoms with Gasteiger partial charge in [0, 0.05) is 39.9 Å². The van der Waals surface area contributed by atoms with E-state index >= 15 is 0 Å². The summed E-state index contributed by atoms with van der Waals surface area (Å²) < 4.78 is 11.5. The highest BCUT2D eigenvalue weighted by Crippen LogP contribution is 2.23. The van der Waals surface area contributed by atoms with Crippen molar-refractivity contribution in [2.45, 2.75) is 24.4 Å². The number of benzene rings is 2. The molecule has 1 aromatic heterocycles. The van der Waals surface area contributed by atoms with E-state index in [-0.39, 0.29) is 6.04 Å². The lowest BCUT2D eigenvalue weighted by Crippen LogP contribution is -2.21. The van der Waals surface area contributed by atoms with Gasteiger partial charge in [0.25, 0.3) is 0 Å². The van der Waals surface area contributed by atoms with Crippen LogP contribution in [0.4, 0.5) is 0 Å². The Morgan fingerprint density at radius 2 is 1.96 bits per heavy atom. The predicted octanol–water partition coefficient (Wildman–Crippen LogP) is 3.49. The zero-order chi connectivity index (χ0) is 16.4. The molecule has 0 fully saturated rings. The second-order valence-corrected chi connectivity index (χ2v) is 7.29. The first-order chi connectivity index (χ1) is 11.0. The van der Waals surface area contributed by atoms with Gasteiger partial charge >= 0.3 is 0 Å². The number of H-pyrrole nitrogens is 1. The van der Waals surface area contributed by atoms with Gasteiger partial charge in [-0.3, -0.25) is 14.2 Å². The maximum atomic E-state index is 11.5. The standard InChI is InChI=1S/C18H21N3OS/c1-13(15-6-8-17(9-7-15)23(3)22)21(2)12-14-4-5-16-11-19-20-18(16)10-14/h4-11,13H,12H2,1-3H3,(H,19,20)/t13-,23-/m1/s1. The summed E-state index contributed by atoms with van der Waals surface area (Å²) in [7, 11) is 1.19.